The maximum atomic E-state index is 2.77. The largest absolute Gasteiger partial charge is 0.374 e. The van der Waals surface area contributed by atoms with Crippen LogP contribution in [0.3, 0.4) is 0 Å². The van der Waals surface area contributed by atoms with Crippen molar-refractivity contribution < 1.29 is 0 Å². The third-order valence-electron chi connectivity index (χ3n) is 15.8. The van der Waals surface area contributed by atoms with Crippen molar-refractivity contribution in [1.82, 2.24) is 0 Å². The molecule has 2 nitrogen and oxygen atoms in total. The molecule has 4 heterocycles. The van der Waals surface area contributed by atoms with Gasteiger partial charge in [0.15, 0.2) is 0 Å². The summed E-state index contributed by atoms with van der Waals surface area (Å²) in [5.74, 6) is 0. The summed E-state index contributed by atoms with van der Waals surface area (Å²) in [4.78, 5) is 8.17. The topological polar surface area (TPSA) is 6.48 Å². The highest BCUT2D eigenvalue weighted by molar-refractivity contribution is 7.99. The third kappa shape index (κ3) is 5.12. The molecule has 64 heavy (non-hydrogen) atoms. The predicted molar refractivity (Wildman–Crippen MR) is 277 cm³/mol. The molecule has 13 rings (SSSR count). The molecule has 5 heteroatoms. The van der Waals surface area contributed by atoms with Crippen LogP contribution in [0.25, 0.3) is 43.5 Å². The van der Waals surface area contributed by atoms with Gasteiger partial charge in [-0.3, -0.25) is 0 Å². The molecule has 3 aliphatic heterocycles. The van der Waals surface area contributed by atoms with E-state index < -0.39 is 0 Å². The number of rotatable bonds is 2. The Morgan fingerprint density at radius 1 is 0.562 bits per heavy atom. The number of thiophene rings is 1. The van der Waals surface area contributed by atoms with Crippen LogP contribution >= 0.6 is 23.1 Å². The molecule has 0 amide bonds. The van der Waals surface area contributed by atoms with E-state index in [2.05, 4.69) is 205 Å². The number of benzene rings is 7. The van der Waals surface area contributed by atoms with Gasteiger partial charge in [-0.2, -0.15) is 0 Å². The first kappa shape index (κ1) is 38.9. The van der Waals surface area contributed by atoms with Crippen LogP contribution in [0.4, 0.5) is 28.4 Å². The maximum Gasteiger partial charge on any atom is 0.343 e. The molecule has 0 unspecified atom stereocenters. The summed E-state index contributed by atoms with van der Waals surface area (Å²) in [6, 6.07) is 51.9. The highest BCUT2D eigenvalue weighted by Crippen LogP contribution is 2.62. The number of nitrogens with zero attached hydrogens (tertiary/aromatic N) is 2. The molecule has 0 fully saturated rings. The minimum Gasteiger partial charge on any atom is -0.374 e. The van der Waals surface area contributed by atoms with Crippen LogP contribution in [0.15, 0.2) is 143 Å². The second kappa shape index (κ2) is 12.9. The second-order valence-electron chi connectivity index (χ2n) is 21.9. The van der Waals surface area contributed by atoms with Crippen LogP contribution in [-0.4, -0.2) is 6.85 Å². The van der Waals surface area contributed by atoms with E-state index in [1.165, 1.54) is 133 Å². The molecule has 0 radical (unpaired) electrons. The van der Waals surface area contributed by atoms with Crippen LogP contribution in [0.5, 0.6) is 0 Å². The summed E-state index contributed by atoms with van der Waals surface area (Å²) in [7, 11) is 0. The highest BCUT2D eigenvalue weighted by Gasteiger charge is 2.53. The Morgan fingerprint density at radius 2 is 1.25 bits per heavy atom. The van der Waals surface area contributed by atoms with Gasteiger partial charge >= 0.3 is 6.85 Å². The van der Waals surface area contributed by atoms with E-state index in [9.17, 15) is 0 Å². The van der Waals surface area contributed by atoms with Crippen molar-refractivity contribution in [2.45, 2.75) is 107 Å². The Kier molecular flexibility index (Phi) is 7.82. The number of para-hydroxylation sites is 2. The lowest BCUT2D eigenvalue weighted by Crippen LogP contribution is -2.61. The van der Waals surface area contributed by atoms with Crippen molar-refractivity contribution >= 4 is 78.7 Å². The Labute approximate surface area is 387 Å². The quantitative estimate of drug-likeness (QED) is 0.160. The lowest BCUT2D eigenvalue weighted by atomic mass is 9.45. The number of anilines is 5. The smallest absolute Gasteiger partial charge is 0.343 e. The van der Waals surface area contributed by atoms with Crippen molar-refractivity contribution in [3.05, 3.63) is 161 Å². The average Bonchev–Trinajstić information content (AvgIpc) is 3.76. The molecule has 1 aromatic heterocycles. The average molecular weight is 865 g/mol. The van der Waals surface area contributed by atoms with Crippen LogP contribution in [0.2, 0.25) is 0 Å². The number of fused-ring (bicyclic) bond motifs is 13. The molecule has 0 atom stereocenters. The lowest BCUT2D eigenvalue weighted by Gasteiger charge is -2.48. The Hall–Kier alpha value is -5.49. The standard InChI is InChI=1S/C59H53BN2S2/c1-56(2,3)35-26-27-44(38(30-35)34-18-11-10-12-19-34)61-46-32-39-36-20-13-14-22-41(36)59(8,9)51(39)50-37-21-17-25-48-53(37)62(45-23-15-16-24-47(45)63-48)60(52(46)50)55-54(61)40-31-42-43(33-49(40)64-55)58(6,7)29-28-57(42,4)5/h10-27,30-33H,28-29H2,1-9H3. The van der Waals surface area contributed by atoms with E-state index in [-0.39, 0.29) is 28.5 Å². The van der Waals surface area contributed by atoms with E-state index in [1.54, 1.807) is 0 Å². The summed E-state index contributed by atoms with van der Waals surface area (Å²) in [5, 5.41) is 1.37. The molecule has 8 aromatic rings. The Morgan fingerprint density at radius 3 is 2.03 bits per heavy atom. The molecular weight excluding hydrogens is 812 g/mol. The monoisotopic (exact) mass is 864 g/mol. The third-order valence-corrected chi connectivity index (χ3v) is 18.1. The van der Waals surface area contributed by atoms with Gasteiger partial charge in [-0.25, -0.2) is 0 Å². The van der Waals surface area contributed by atoms with E-state index in [0.29, 0.717) is 0 Å². The SMILES string of the molecule is CC(C)(C)c1ccc(N2c3cc4c(c5c3B(c3sc6cc7c(cc6c32)C(C)(C)CCC7(C)C)N2c3ccccc3Sc3cccc-5c32)C(C)(C)c2ccccc2-4)c(-c2ccccc2)c1. The first-order valence-electron chi connectivity index (χ1n) is 23.3. The molecule has 0 spiro atoms. The van der Waals surface area contributed by atoms with Crippen molar-refractivity contribution in [2.24, 2.45) is 0 Å². The van der Waals surface area contributed by atoms with Gasteiger partial charge in [-0.1, -0.05) is 159 Å². The van der Waals surface area contributed by atoms with Gasteiger partial charge < -0.3 is 9.71 Å². The number of hydrogen-bond acceptors (Lipinski definition) is 4. The van der Waals surface area contributed by atoms with Crippen LogP contribution in [0, 0.1) is 0 Å². The predicted octanol–water partition coefficient (Wildman–Crippen LogP) is 15.7. The summed E-state index contributed by atoms with van der Waals surface area (Å²) < 4.78 is 2.81. The highest BCUT2D eigenvalue weighted by atomic mass is 32.2. The summed E-state index contributed by atoms with van der Waals surface area (Å²) >= 11 is 3.98. The molecule has 7 aromatic carbocycles. The molecule has 0 saturated carbocycles. The normalized spacial score (nSPS) is 17.5. The van der Waals surface area contributed by atoms with Gasteiger partial charge in [-0.15, -0.1) is 11.3 Å². The van der Waals surface area contributed by atoms with Gasteiger partial charge in [0.25, 0.3) is 0 Å². The summed E-state index contributed by atoms with van der Waals surface area (Å²) in [6.07, 6.45) is 2.37. The zero-order chi connectivity index (χ0) is 43.8. The minimum atomic E-state index is -0.198. The van der Waals surface area contributed by atoms with Crippen LogP contribution < -0.4 is 20.0 Å². The fourth-order valence-electron chi connectivity index (χ4n) is 12.4. The van der Waals surface area contributed by atoms with E-state index >= 15 is 0 Å². The summed E-state index contributed by atoms with van der Waals surface area (Å²) in [5.41, 5.74) is 23.2. The summed E-state index contributed by atoms with van der Waals surface area (Å²) in [6.45, 7) is 21.9. The maximum absolute atomic E-state index is 2.77. The van der Waals surface area contributed by atoms with Crippen molar-refractivity contribution in [3.63, 3.8) is 0 Å². The van der Waals surface area contributed by atoms with Crippen molar-refractivity contribution in [2.75, 3.05) is 9.71 Å². The second-order valence-corrected chi connectivity index (χ2v) is 24.1. The molecule has 2 aliphatic carbocycles. The zero-order valence-electron chi connectivity index (χ0n) is 38.4. The fourth-order valence-corrected chi connectivity index (χ4v) is 14.8. The molecule has 5 aliphatic rings. The zero-order valence-corrected chi connectivity index (χ0v) is 40.0. The van der Waals surface area contributed by atoms with Crippen LogP contribution in [0.1, 0.15) is 103 Å². The van der Waals surface area contributed by atoms with Gasteiger partial charge in [0.05, 0.1) is 17.1 Å². The first-order valence-corrected chi connectivity index (χ1v) is 24.9. The first-order chi connectivity index (χ1) is 30.6. The molecule has 314 valence electrons. The van der Waals surface area contributed by atoms with Gasteiger partial charge in [0, 0.05) is 52.6 Å². The van der Waals surface area contributed by atoms with E-state index in [0.717, 1.165) is 0 Å². The van der Waals surface area contributed by atoms with Gasteiger partial charge in [-0.05, 0) is 133 Å². The minimum absolute atomic E-state index is 0.0180. The van der Waals surface area contributed by atoms with Gasteiger partial charge in [0.1, 0.15) is 0 Å². The van der Waals surface area contributed by atoms with Crippen molar-refractivity contribution in [1.29, 1.82) is 0 Å². The van der Waals surface area contributed by atoms with E-state index in [1.807, 2.05) is 23.1 Å². The van der Waals surface area contributed by atoms with E-state index in [4.69, 9.17) is 0 Å². The molecule has 0 N–H and O–H groups in total. The fraction of sp³-hybridized carbons (Fsp3) is 0.254. The van der Waals surface area contributed by atoms with Gasteiger partial charge in [0.2, 0.25) is 0 Å². The Bertz CT molecular complexity index is 3350. The lowest BCUT2D eigenvalue weighted by molar-refractivity contribution is 0.332. The molecule has 0 saturated heterocycles. The molecular formula is C59H53BN2S2. The van der Waals surface area contributed by atoms with Crippen molar-refractivity contribution in [3.8, 4) is 33.4 Å². The van der Waals surface area contributed by atoms with Crippen LogP contribution in [-0.2, 0) is 21.7 Å². The Balaban J connectivity index is 1.24. The number of hydrogen-bond donors (Lipinski definition) is 0. The molecule has 0 bridgehead atoms.